The van der Waals surface area contributed by atoms with Gasteiger partial charge in [-0.25, -0.2) is 9.37 Å². The van der Waals surface area contributed by atoms with Gasteiger partial charge in [0.05, 0.1) is 29.0 Å². The first kappa shape index (κ1) is 13.5. The number of anilines is 1. The summed E-state index contributed by atoms with van der Waals surface area (Å²) in [6.07, 6.45) is 0. The van der Waals surface area contributed by atoms with Gasteiger partial charge in [0.15, 0.2) is 0 Å². The molecule has 1 amide bonds. The number of nitrogens with zero attached hydrogens (tertiary/aromatic N) is 1. The van der Waals surface area contributed by atoms with E-state index in [-0.39, 0.29) is 11.6 Å². The van der Waals surface area contributed by atoms with Crippen LogP contribution in [0, 0.1) is 5.82 Å². The smallest absolute Gasteiger partial charge is 0.253 e. The number of aromatic nitrogens is 1. The van der Waals surface area contributed by atoms with Crippen molar-refractivity contribution in [2.75, 3.05) is 11.9 Å². The summed E-state index contributed by atoms with van der Waals surface area (Å²) in [5.41, 5.74) is 3.03. The van der Waals surface area contributed by atoms with E-state index in [1.807, 2.05) is 12.3 Å². The maximum Gasteiger partial charge on any atom is 0.253 e. The van der Waals surface area contributed by atoms with Crippen molar-refractivity contribution < 1.29 is 9.18 Å². The highest BCUT2D eigenvalue weighted by Crippen LogP contribution is 2.19. The molecule has 1 aromatic carbocycles. The molecule has 4 nitrogen and oxygen atoms in total. The largest absolute Gasteiger partial charge is 0.382 e. The van der Waals surface area contributed by atoms with Gasteiger partial charge in [0, 0.05) is 11.9 Å². The normalized spacial score (nSPS) is 10.2. The minimum absolute atomic E-state index is 0.237. The zero-order chi connectivity index (χ0) is 13.7. The van der Waals surface area contributed by atoms with Gasteiger partial charge >= 0.3 is 0 Å². The molecule has 0 spiro atoms. The van der Waals surface area contributed by atoms with Crippen LogP contribution in [0.15, 0.2) is 29.1 Å². The number of carbonyl (C=O) groups excluding carboxylic acids is 1. The number of thiazole rings is 1. The van der Waals surface area contributed by atoms with Crippen LogP contribution in [0.1, 0.15) is 23.0 Å². The van der Waals surface area contributed by atoms with Gasteiger partial charge in [-0.3, -0.25) is 4.79 Å². The third kappa shape index (κ3) is 3.29. The number of rotatable bonds is 5. The number of hydrogen-bond donors (Lipinski definition) is 2. The predicted molar refractivity (Wildman–Crippen MR) is 73.8 cm³/mol. The molecule has 0 aliphatic carbocycles. The number of carbonyl (C=O) groups is 1. The Bertz CT molecular complexity index is 557. The van der Waals surface area contributed by atoms with Gasteiger partial charge in [-0.2, -0.15) is 0 Å². The highest BCUT2D eigenvalue weighted by atomic mass is 32.1. The molecule has 2 N–H and O–H groups in total. The summed E-state index contributed by atoms with van der Waals surface area (Å²) >= 11 is 1.47. The molecule has 19 heavy (non-hydrogen) atoms. The molecule has 1 aromatic heterocycles. The summed E-state index contributed by atoms with van der Waals surface area (Å²) in [6.45, 7) is 2.74. The van der Waals surface area contributed by atoms with Crippen molar-refractivity contribution in [1.82, 2.24) is 10.3 Å². The second-order valence-electron chi connectivity index (χ2n) is 3.86. The van der Waals surface area contributed by atoms with Crippen LogP contribution in [0.5, 0.6) is 0 Å². The van der Waals surface area contributed by atoms with Crippen molar-refractivity contribution in [2.24, 2.45) is 0 Å². The molecule has 0 atom stereocenters. The fraction of sp³-hybridized carbons (Fsp3) is 0.231. The number of hydrogen-bond acceptors (Lipinski definition) is 4. The molecule has 0 aliphatic rings. The van der Waals surface area contributed by atoms with E-state index < -0.39 is 5.82 Å². The van der Waals surface area contributed by atoms with Crippen LogP contribution in [0.25, 0.3) is 0 Å². The third-order valence-electron chi connectivity index (χ3n) is 2.53. The van der Waals surface area contributed by atoms with Crippen molar-refractivity contribution in [3.05, 3.63) is 46.2 Å². The molecule has 2 aromatic rings. The Morgan fingerprint density at radius 1 is 1.47 bits per heavy atom. The minimum Gasteiger partial charge on any atom is -0.382 e. The molecule has 0 saturated carbocycles. The van der Waals surface area contributed by atoms with Gasteiger partial charge in [-0.1, -0.05) is 6.07 Å². The van der Waals surface area contributed by atoms with Crippen LogP contribution in [0.4, 0.5) is 10.1 Å². The van der Waals surface area contributed by atoms with E-state index in [2.05, 4.69) is 15.6 Å². The molecular weight excluding hydrogens is 265 g/mol. The molecule has 0 fully saturated rings. The first-order valence-electron chi connectivity index (χ1n) is 5.90. The van der Waals surface area contributed by atoms with E-state index in [0.29, 0.717) is 18.7 Å². The zero-order valence-electron chi connectivity index (χ0n) is 10.4. The van der Waals surface area contributed by atoms with E-state index in [0.717, 1.165) is 5.69 Å². The lowest BCUT2D eigenvalue weighted by atomic mass is 10.1. The minimum atomic E-state index is -0.428. The standard InChI is InChI=1S/C13H14FN3OS/c1-2-15-12-10(4-3-5-11(12)14)13(18)16-6-9-7-19-8-17-9/h3-5,7-8,15H,2,6H2,1H3,(H,16,18). The predicted octanol–water partition coefficient (Wildman–Crippen LogP) is 2.64. The molecule has 0 aliphatic heterocycles. The second-order valence-corrected chi connectivity index (χ2v) is 4.57. The van der Waals surface area contributed by atoms with Crippen molar-refractivity contribution >= 4 is 22.9 Å². The molecular formula is C13H14FN3OS. The number of amides is 1. The Balaban J connectivity index is 2.12. The van der Waals surface area contributed by atoms with E-state index in [1.54, 1.807) is 11.6 Å². The van der Waals surface area contributed by atoms with Crippen LogP contribution >= 0.6 is 11.3 Å². The monoisotopic (exact) mass is 279 g/mol. The average Bonchev–Trinajstić information content (AvgIpc) is 2.92. The van der Waals surface area contributed by atoms with Crippen LogP contribution in [0.2, 0.25) is 0 Å². The lowest BCUT2D eigenvalue weighted by Gasteiger charge is -2.11. The number of benzene rings is 1. The van der Waals surface area contributed by atoms with Crippen molar-refractivity contribution in [3.63, 3.8) is 0 Å². The number of para-hydroxylation sites is 1. The van der Waals surface area contributed by atoms with Crippen LogP contribution in [0.3, 0.4) is 0 Å². The Morgan fingerprint density at radius 3 is 3.00 bits per heavy atom. The summed E-state index contributed by atoms with van der Waals surface area (Å²) in [5, 5.41) is 7.45. The van der Waals surface area contributed by atoms with Crippen molar-refractivity contribution in [3.8, 4) is 0 Å². The van der Waals surface area contributed by atoms with Gasteiger partial charge in [0.25, 0.3) is 5.91 Å². The molecule has 0 saturated heterocycles. The highest BCUT2D eigenvalue weighted by molar-refractivity contribution is 7.07. The first-order valence-corrected chi connectivity index (χ1v) is 6.84. The third-order valence-corrected chi connectivity index (χ3v) is 3.16. The molecule has 0 bridgehead atoms. The maximum absolute atomic E-state index is 13.7. The Morgan fingerprint density at radius 2 is 2.32 bits per heavy atom. The molecule has 100 valence electrons. The molecule has 1 heterocycles. The molecule has 2 rings (SSSR count). The second kappa shape index (κ2) is 6.29. The van der Waals surface area contributed by atoms with E-state index >= 15 is 0 Å². The fourth-order valence-corrected chi connectivity index (χ4v) is 2.22. The lowest BCUT2D eigenvalue weighted by Crippen LogP contribution is -2.24. The maximum atomic E-state index is 13.7. The van der Waals surface area contributed by atoms with Gasteiger partial charge < -0.3 is 10.6 Å². The van der Waals surface area contributed by atoms with Crippen LogP contribution in [-0.2, 0) is 6.54 Å². The highest BCUT2D eigenvalue weighted by Gasteiger charge is 2.14. The summed E-state index contributed by atoms with van der Waals surface area (Å²) in [6, 6.07) is 4.45. The molecule has 0 unspecified atom stereocenters. The number of nitrogens with one attached hydrogen (secondary N) is 2. The van der Waals surface area contributed by atoms with E-state index in [4.69, 9.17) is 0 Å². The SMILES string of the molecule is CCNc1c(F)cccc1C(=O)NCc1cscn1. The Hall–Kier alpha value is -1.95. The molecule has 6 heteroatoms. The Labute approximate surface area is 114 Å². The summed E-state index contributed by atoms with van der Waals surface area (Å²) in [7, 11) is 0. The van der Waals surface area contributed by atoms with Crippen LogP contribution in [-0.4, -0.2) is 17.4 Å². The van der Waals surface area contributed by atoms with Gasteiger partial charge in [-0.05, 0) is 19.1 Å². The zero-order valence-corrected chi connectivity index (χ0v) is 11.3. The van der Waals surface area contributed by atoms with Gasteiger partial charge in [-0.15, -0.1) is 11.3 Å². The van der Waals surface area contributed by atoms with Gasteiger partial charge in [0.1, 0.15) is 5.82 Å². The summed E-state index contributed by atoms with van der Waals surface area (Å²) in [4.78, 5) is 16.1. The topological polar surface area (TPSA) is 54.0 Å². The fourth-order valence-electron chi connectivity index (χ4n) is 1.66. The lowest BCUT2D eigenvalue weighted by molar-refractivity contribution is 0.0951. The molecule has 0 radical (unpaired) electrons. The van der Waals surface area contributed by atoms with Crippen LogP contribution < -0.4 is 10.6 Å². The van der Waals surface area contributed by atoms with Gasteiger partial charge in [0.2, 0.25) is 0 Å². The van der Waals surface area contributed by atoms with Crippen molar-refractivity contribution in [2.45, 2.75) is 13.5 Å². The Kier molecular flexibility index (Phi) is 4.46. The number of halogens is 1. The average molecular weight is 279 g/mol. The summed E-state index contributed by atoms with van der Waals surface area (Å²) in [5.74, 6) is -0.744. The van der Waals surface area contributed by atoms with E-state index in [9.17, 15) is 9.18 Å². The van der Waals surface area contributed by atoms with E-state index in [1.165, 1.54) is 23.5 Å². The quantitative estimate of drug-likeness (QED) is 0.884. The van der Waals surface area contributed by atoms with Crippen molar-refractivity contribution in [1.29, 1.82) is 0 Å². The first-order chi connectivity index (χ1) is 9.22. The summed E-state index contributed by atoms with van der Waals surface area (Å²) < 4.78 is 13.7.